The fourth-order valence-electron chi connectivity index (χ4n) is 3.03. The van der Waals surface area contributed by atoms with Crippen LogP contribution >= 0.6 is 0 Å². The predicted octanol–water partition coefficient (Wildman–Crippen LogP) is 2.98. The molecular weight excluding hydrogens is 262 g/mol. The fourth-order valence-corrected chi connectivity index (χ4v) is 3.03. The number of rotatable bonds is 2. The molecule has 1 amide bonds. The molecule has 0 radical (unpaired) electrons. The van der Waals surface area contributed by atoms with Gasteiger partial charge in [-0.25, -0.2) is 4.98 Å². The van der Waals surface area contributed by atoms with E-state index in [0.29, 0.717) is 5.56 Å². The average molecular weight is 277 g/mol. The molecule has 1 unspecified atom stereocenters. The number of aromatic amines is 1. The van der Waals surface area contributed by atoms with Crippen LogP contribution in [0.5, 0.6) is 0 Å². The van der Waals surface area contributed by atoms with Crippen LogP contribution in [0.4, 0.5) is 0 Å². The normalized spacial score (nSPS) is 16.9. The zero-order chi connectivity index (χ0) is 14.2. The third kappa shape index (κ3) is 2.09. The van der Waals surface area contributed by atoms with E-state index in [0.717, 1.165) is 23.9 Å². The molecule has 1 aliphatic carbocycles. The number of fused-ring (bicyclic) bond motifs is 2. The second kappa shape index (κ2) is 4.74. The molecule has 1 atom stereocenters. The summed E-state index contributed by atoms with van der Waals surface area (Å²) in [4.78, 5) is 19.6. The van der Waals surface area contributed by atoms with Crippen molar-refractivity contribution in [3.8, 4) is 0 Å². The number of amides is 1. The number of benzene rings is 2. The van der Waals surface area contributed by atoms with Crippen molar-refractivity contribution in [3.05, 3.63) is 65.5 Å². The number of carbonyl (C=O) groups excluding carboxylic acids is 1. The minimum atomic E-state index is -0.0341. The first kappa shape index (κ1) is 12.1. The Labute approximate surface area is 122 Å². The Kier molecular flexibility index (Phi) is 2.74. The van der Waals surface area contributed by atoms with Gasteiger partial charge in [0, 0.05) is 5.56 Å². The Bertz CT molecular complexity index is 822. The molecule has 1 aromatic heterocycles. The molecule has 0 saturated carbocycles. The summed E-state index contributed by atoms with van der Waals surface area (Å²) in [5.41, 5.74) is 5.00. The lowest BCUT2D eigenvalue weighted by molar-refractivity contribution is 0.0937. The highest BCUT2D eigenvalue weighted by Gasteiger charge is 2.23. The second-order valence-electron chi connectivity index (χ2n) is 5.40. The van der Waals surface area contributed by atoms with Crippen LogP contribution in [0.25, 0.3) is 11.0 Å². The molecule has 0 fully saturated rings. The maximum absolute atomic E-state index is 12.4. The molecule has 0 saturated heterocycles. The summed E-state index contributed by atoms with van der Waals surface area (Å²) in [6, 6.07) is 14.0. The van der Waals surface area contributed by atoms with Crippen LogP contribution in [0.3, 0.4) is 0 Å². The summed E-state index contributed by atoms with van der Waals surface area (Å²) >= 11 is 0. The largest absolute Gasteiger partial charge is 0.345 e. The number of nitrogens with zero attached hydrogens (tertiary/aromatic N) is 1. The summed E-state index contributed by atoms with van der Waals surface area (Å²) in [5, 5.41) is 3.14. The lowest BCUT2D eigenvalue weighted by atomic mass is 10.1. The third-order valence-electron chi connectivity index (χ3n) is 4.12. The van der Waals surface area contributed by atoms with Gasteiger partial charge in [-0.15, -0.1) is 0 Å². The highest BCUT2D eigenvalue weighted by molar-refractivity contribution is 5.97. The van der Waals surface area contributed by atoms with Crippen molar-refractivity contribution < 1.29 is 4.79 Å². The number of imidazole rings is 1. The molecule has 4 heteroatoms. The van der Waals surface area contributed by atoms with Crippen molar-refractivity contribution in [2.45, 2.75) is 18.9 Å². The Morgan fingerprint density at radius 1 is 1.24 bits per heavy atom. The first-order valence-corrected chi connectivity index (χ1v) is 7.13. The Morgan fingerprint density at radius 2 is 2.14 bits per heavy atom. The van der Waals surface area contributed by atoms with Crippen LogP contribution in [0.15, 0.2) is 48.8 Å². The number of H-pyrrole nitrogens is 1. The molecule has 0 spiro atoms. The van der Waals surface area contributed by atoms with Crippen molar-refractivity contribution in [2.24, 2.45) is 0 Å². The minimum absolute atomic E-state index is 0.0341. The molecule has 1 aliphatic rings. The molecule has 2 aromatic carbocycles. The van der Waals surface area contributed by atoms with E-state index in [1.165, 1.54) is 11.1 Å². The molecule has 3 aromatic rings. The van der Waals surface area contributed by atoms with Gasteiger partial charge in [-0.2, -0.15) is 0 Å². The molecule has 0 bridgehead atoms. The van der Waals surface area contributed by atoms with Gasteiger partial charge in [0.05, 0.1) is 23.4 Å². The molecule has 21 heavy (non-hydrogen) atoms. The molecule has 1 heterocycles. The standard InChI is InChI=1S/C17H15N3O/c21-17(12-6-8-15-16(9-12)19-10-18-15)20-14-7-5-11-3-1-2-4-13(11)14/h1-4,6,8-10,14H,5,7H2,(H,18,19)(H,20,21). The quantitative estimate of drug-likeness (QED) is 0.756. The van der Waals surface area contributed by atoms with Crippen molar-refractivity contribution in [3.63, 3.8) is 0 Å². The lowest BCUT2D eigenvalue weighted by Gasteiger charge is -2.14. The molecule has 0 aliphatic heterocycles. The Morgan fingerprint density at radius 3 is 3.10 bits per heavy atom. The minimum Gasteiger partial charge on any atom is -0.345 e. The van der Waals surface area contributed by atoms with Crippen LogP contribution in [0.1, 0.15) is 33.9 Å². The van der Waals surface area contributed by atoms with Crippen molar-refractivity contribution in [2.75, 3.05) is 0 Å². The van der Waals surface area contributed by atoms with Gasteiger partial charge < -0.3 is 10.3 Å². The van der Waals surface area contributed by atoms with E-state index in [1.807, 2.05) is 24.3 Å². The van der Waals surface area contributed by atoms with Crippen LogP contribution < -0.4 is 5.32 Å². The van der Waals surface area contributed by atoms with E-state index in [2.05, 4.69) is 33.5 Å². The van der Waals surface area contributed by atoms with Gasteiger partial charge in [0.2, 0.25) is 0 Å². The zero-order valence-corrected chi connectivity index (χ0v) is 11.5. The van der Waals surface area contributed by atoms with E-state index in [1.54, 1.807) is 6.33 Å². The van der Waals surface area contributed by atoms with Crippen LogP contribution in [0.2, 0.25) is 0 Å². The summed E-state index contributed by atoms with van der Waals surface area (Å²) < 4.78 is 0. The summed E-state index contributed by atoms with van der Waals surface area (Å²) in [5.74, 6) is -0.0341. The molecule has 4 rings (SSSR count). The highest BCUT2D eigenvalue weighted by Crippen LogP contribution is 2.30. The Hall–Kier alpha value is -2.62. The van der Waals surface area contributed by atoms with Gasteiger partial charge in [-0.05, 0) is 42.2 Å². The van der Waals surface area contributed by atoms with Gasteiger partial charge in [-0.1, -0.05) is 24.3 Å². The van der Waals surface area contributed by atoms with E-state index >= 15 is 0 Å². The predicted molar refractivity (Wildman–Crippen MR) is 81.1 cm³/mol. The van der Waals surface area contributed by atoms with Crippen LogP contribution in [0, 0.1) is 0 Å². The van der Waals surface area contributed by atoms with Gasteiger partial charge >= 0.3 is 0 Å². The SMILES string of the molecule is O=C(NC1CCc2ccccc21)c1ccc2nc[nH]c2c1. The van der Waals surface area contributed by atoms with E-state index in [-0.39, 0.29) is 11.9 Å². The van der Waals surface area contributed by atoms with Crippen molar-refractivity contribution >= 4 is 16.9 Å². The molecular formula is C17H15N3O. The molecule has 4 nitrogen and oxygen atoms in total. The third-order valence-corrected chi connectivity index (χ3v) is 4.12. The van der Waals surface area contributed by atoms with Crippen LogP contribution in [-0.4, -0.2) is 15.9 Å². The number of hydrogen-bond donors (Lipinski definition) is 2. The van der Waals surface area contributed by atoms with Gasteiger partial charge in [0.1, 0.15) is 0 Å². The molecule has 2 N–H and O–H groups in total. The monoisotopic (exact) mass is 277 g/mol. The number of carbonyl (C=O) groups is 1. The van der Waals surface area contributed by atoms with Crippen LogP contribution in [-0.2, 0) is 6.42 Å². The molecule has 104 valence electrons. The zero-order valence-electron chi connectivity index (χ0n) is 11.5. The van der Waals surface area contributed by atoms with E-state index in [9.17, 15) is 4.79 Å². The van der Waals surface area contributed by atoms with Gasteiger partial charge in [0.25, 0.3) is 5.91 Å². The number of aryl methyl sites for hydroxylation is 1. The fraction of sp³-hybridized carbons (Fsp3) is 0.176. The maximum Gasteiger partial charge on any atom is 0.251 e. The second-order valence-corrected chi connectivity index (χ2v) is 5.40. The summed E-state index contributed by atoms with van der Waals surface area (Å²) in [6.07, 6.45) is 3.64. The summed E-state index contributed by atoms with van der Waals surface area (Å²) in [6.45, 7) is 0. The number of aromatic nitrogens is 2. The Balaban J connectivity index is 1.58. The van der Waals surface area contributed by atoms with Gasteiger partial charge in [0.15, 0.2) is 0 Å². The first-order chi connectivity index (χ1) is 10.3. The number of nitrogens with one attached hydrogen (secondary N) is 2. The lowest BCUT2D eigenvalue weighted by Crippen LogP contribution is -2.27. The van der Waals surface area contributed by atoms with Gasteiger partial charge in [-0.3, -0.25) is 4.79 Å². The smallest absolute Gasteiger partial charge is 0.251 e. The highest BCUT2D eigenvalue weighted by atomic mass is 16.1. The van der Waals surface area contributed by atoms with Crippen molar-refractivity contribution in [1.29, 1.82) is 0 Å². The average Bonchev–Trinajstić information content (AvgIpc) is 3.13. The topological polar surface area (TPSA) is 57.8 Å². The summed E-state index contributed by atoms with van der Waals surface area (Å²) in [7, 11) is 0. The number of hydrogen-bond acceptors (Lipinski definition) is 2. The van der Waals surface area contributed by atoms with E-state index < -0.39 is 0 Å². The maximum atomic E-state index is 12.4. The van der Waals surface area contributed by atoms with E-state index in [4.69, 9.17) is 0 Å². The first-order valence-electron chi connectivity index (χ1n) is 7.13. The van der Waals surface area contributed by atoms with Crippen molar-refractivity contribution in [1.82, 2.24) is 15.3 Å².